The lowest BCUT2D eigenvalue weighted by atomic mass is 10.0. The van der Waals surface area contributed by atoms with Gasteiger partial charge in [0.15, 0.2) is 0 Å². The highest BCUT2D eigenvalue weighted by atomic mass is 127. The summed E-state index contributed by atoms with van der Waals surface area (Å²) in [6.07, 6.45) is 4.99. The fourth-order valence-corrected chi connectivity index (χ4v) is 4.22. The van der Waals surface area contributed by atoms with Crippen molar-refractivity contribution in [1.29, 1.82) is 0 Å². The number of hydrogen-bond donors (Lipinski definition) is 0. The lowest BCUT2D eigenvalue weighted by Gasteiger charge is -2.07. The van der Waals surface area contributed by atoms with E-state index in [-0.39, 0.29) is 0 Å². The van der Waals surface area contributed by atoms with Crippen molar-refractivity contribution in [1.82, 2.24) is 15.0 Å². The van der Waals surface area contributed by atoms with Gasteiger partial charge in [-0.3, -0.25) is 4.68 Å². The van der Waals surface area contributed by atoms with Crippen LogP contribution < -0.4 is 0 Å². The molecular formula is C10H14IN3. The van der Waals surface area contributed by atoms with Gasteiger partial charge in [-0.2, -0.15) is 0 Å². The summed E-state index contributed by atoms with van der Waals surface area (Å²) in [6, 6.07) is 0. The van der Waals surface area contributed by atoms with Crippen LogP contribution in [0.25, 0.3) is 0 Å². The summed E-state index contributed by atoms with van der Waals surface area (Å²) in [5.41, 5.74) is 2.63. The van der Waals surface area contributed by atoms with Crippen LogP contribution in [0.2, 0.25) is 0 Å². The third-order valence-corrected chi connectivity index (χ3v) is 5.53. The Morgan fingerprint density at radius 3 is 2.79 bits per heavy atom. The molecule has 3 nitrogen and oxygen atoms in total. The van der Waals surface area contributed by atoms with Gasteiger partial charge in [0.2, 0.25) is 0 Å². The zero-order chi connectivity index (χ0) is 9.71. The van der Waals surface area contributed by atoms with Crippen LogP contribution in [0.1, 0.15) is 24.2 Å². The Morgan fingerprint density at radius 2 is 2.00 bits per heavy atom. The second-order valence-electron chi connectivity index (χ2n) is 4.46. The molecule has 2 aliphatic rings. The third-order valence-electron chi connectivity index (χ3n) is 3.68. The van der Waals surface area contributed by atoms with E-state index in [9.17, 15) is 0 Å². The van der Waals surface area contributed by atoms with E-state index in [0.29, 0.717) is 0 Å². The van der Waals surface area contributed by atoms with Gasteiger partial charge < -0.3 is 0 Å². The highest BCUT2D eigenvalue weighted by Gasteiger charge is 2.47. The Labute approximate surface area is 97.4 Å². The van der Waals surface area contributed by atoms with Gasteiger partial charge in [0.25, 0.3) is 0 Å². The molecule has 1 fully saturated rings. The van der Waals surface area contributed by atoms with E-state index in [0.717, 1.165) is 22.2 Å². The first-order valence-electron chi connectivity index (χ1n) is 5.29. The SMILES string of the molecule is Cn1nnc2c1CC[C@@H]1C(I)[C@@H]1CC2. The maximum Gasteiger partial charge on any atom is 0.0859 e. The largest absolute Gasteiger partial charge is 0.252 e. The summed E-state index contributed by atoms with van der Waals surface area (Å²) in [4.78, 5) is 0. The fourth-order valence-electron chi connectivity index (χ4n) is 2.67. The molecular weight excluding hydrogens is 289 g/mol. The van der Waals surface area contributed by atoms with Crippen LogP contribution in [0.4, 0.5) is 0 Å². The molecule has 0 aliphatic heterocycles. The van der Waals surface area contributed by atoms with Crippen LogP contribution in [0.5, 0.6) is 0 Å². The zero-order valence-electron chi connectivity index (χ0n) is 8.28. The van der Waals surface area contributed by atoms with Crippen molar-refractivity contribution in [3.8, 4) is 0 Å². The number of aryl methyl sites for hydroxylation is 2. The number of rotatable bonds is 0. The van der Waals surface area contributed by atoms with Gasteiger partial charge in [-0.1, -0.05) is 27.8 Å². The number of aromatic nitrogens is 3. The lowest BCUT2D eigenvalue weighted by Crippen LogP contribution is -2.04. The quantitative estimate of drug-likeness (QED) is 0.540. The lowest BCUT2D eigenvalue weighted by molar-refractivity contribution is 0.566. The second-order valence-corrected chi connectivity index (χ2v) is 5.89. The summed E-state index contributed by atoms with van der Waals surface area (Å²) in [7, 11) is 2.01. The average Bonchev–Trinajstić information content (AvgIpc) is 2.58. The van der Waals surface area contributed by atoms with Crippen molar-refractivity contribution in [2.24, 2.45) is 18.9 Å². The highest BCUT2D eigenvalue weighted by Crippen LogP contribution is 2.51. The standard InChI is InChI=1S/C10H14IN3/c1-14-9-5-3-7-6(10(7)11)2-4-8(9)12-13-14/h6-7,10H,2-5H2,1H3/t6-,7+,10?/m1/s1. The Kier molecular flexibility index (Phi) is 2.07. The Bertz CT molecular complexity index is 360. The van der Waals surface area contributed by atoms with Crippen LogP contribution >= 0.6 is 22.6 Å². The van der Waals surface area contributed by atoms with Crippen LogP contribution in [0.3, 0.4) is 0 Å². The van der Waals surface area contributed by atoms with Crippen molar-refractivity contribution in [2.45, 2.75) is 29.6 Å². The van der Waals surface area contributed by atoms with Crippen molar-refractivity contribution in [2.75, 3.05) is 0 Å². The molecule has 76 valence electrons. The normalized spacial score (nSPS) is 35.4. The van der Waals surface area contributed by atoms with E-state index >= 15 is 0 Å². The monoisotopic (exact) mass is 303 g/mol. The summed E-state index contributed by atoms with van der Waals surface area (Å²) in [5, 5.41) is 8.35. The van der Waals surface area contributed by atoms with Crippen LogP contribution in [-0.4, -0.2) is 18.9 Å². The van der Waals surface area contributed by atoms with Gasteiger partial charge in [-0.25, -0.2) is 0 Å². The number of alkyl halides is 1. The molecule has 3 rings (SSSR count). The van der Waals surface area contributed by atoms with Gasteiger partial charge in [-0.05, 0) is 37.5 Å². The minimum atomic E-state index is 0.940. The fraction of sp³-hybridized carbons (Fsp3) is 0.800. The van der Waals surface area contributed by atoms with Gasteiger partial charge in [0.1, 0.15) is 0 Å². The Hall–Kier alpha value is -0.130. The maximum atomic E-state index is 4.25. The first kappa shape index (κ1) is 9.12. The van der Waals surface area contributed by atoms with E-state index in [1.54, 1.807) is 0 Å². The Balaban J connectivity index is 1.87. The second kappa shape index (κ2) is 3.18. The van der Waals surface area contributed by atoms with Gasteiger partial charge in [-0.15, -0.1) is 5.10 Å². The molecule has 0 N–H and O–H groups in total. The maximum absolute atomic E-state index is 4.25. The molecule has 2 aliphatic carbocycles. The molecule has 4 heteroatoms. The van der Waals surface area contributed by atoms with Crippen LogP contribution in [0.15, 0.2) is 0 Å². The van der Waals surface area contributed by atoms with E-state index in [1.165, 1.54) is 30.7 Å². The number of fused-ring (bicyclic) bond motifs is 2. The van der Waals surface area contributed by atoms with Crippen LogP contribution in [-0.2, 0) is 19.9 Å². The summed E-state index contributed by atoms with van der Waals surface area (Å²) in [5.74, 6) is 1.96. The topological polar surface area (TPSA) is 30.7 Å². The molecule has 1 heterocycles. The Morgan fingerprint density at radius 1 is 1.29 bits per heavy atom. The van der Waals surface area contributed by atoms with Crippen molar-refractivity contribution >= 4 is 22.6 Å². The molecule has 0 amide bonds. The molecule has 1 aromatic rings. The molecule has 1 aromatic heterocycles. The molecule has 0 bridgehead atoms. The molecule has 14 heavy (non-hydrogen) atoms. The average molecular weight is 303 g/mol. The first-order chi connectivity index (χ1) is 6.77. The van der Waals surface area contributed by atoms with Gasteiger partial charge in [0.05, 0.1) is 11.4 Å². The number of nitrogens with zero attached hydrogens (tertiary/aromatic N) is 3. The van der Waals surface area contributed by atoms with Crippen LogP contribution in [0, 0.1) is 11.8 Å². The van der Waals surface area contributed by atoms with Gasteiger partial charge >= 0.3 is 0 Å². The van der Waals surface area contributed by atoms with E-state index in [4.69, 9.17) is 0 Å². The van der Waals surface area contributed by atoms with E-state index in [2.05, 4.69) is 32.9 Å². The summed E-state index contributed by atoms with van der Waals surface area (Å²) in [6.45, 7) is 0. The smallest absolute Gasteiger partial charge is 0.0859 e. The van der Waals surface area contributed by atoms with Crippen molar-refractivity contribution in [3.63, 3.8) is 0 Å². The third kappa shape index (κ3) is 1.30. The molecule has 0 spiro atoms. The number of halogens is 1. The number of hydrogen-bond acceptors (Lipinski definition) is 2. The molecule has 1 unspecified atom stereocenters. The molecule has 1 saturated carbocycles. The minimum absolute atomic E-state index is 0.940. The predicted octanol–water partition coefficient (Wildman–Crippen LogP) is 1.74. The van der Waals surface area contributed by atoms with E-state index < -0.39 is 0 Å². The van der Waals surface area contributed by atoms with Crippen molar-refractivity contribution in [3.05, 3.63) is 11.4 Å². The molecule has 3 atom stereocenters. The minimum Gasteiger partial charge on any atom is -0.252 e. The summed E-state index contributed by atoms with van der Waals surface area (Å²) >= 11 is 2.62. The molecule has 0 radical (unpaired) electrons. The van der Waals surface area contributed by atoms with Gasteiger partial charge in [0, 0.05) is 11.0 Å². The molecule has 0 aromatic carbocycles. The summed E-state index contributed by atoms with van der Waals surface area (Å²) < 4.78 is 2.90. The first-order valence-corrected chi connectivity index (χ1v) is 6.53. The molecule has 0 saturated heterocycles. The zero-order valence-corrected chi connectivity index (χ0v) is 10.4. The predicted molar refractivity (Wildman–Crippen MR) is 62.4 cm³/mol. The van der Waals surface area contributed by atoms with E-state index in [1.807, 2.05) is 11.7 Å². The highest BCUT2D eigenvalue weighted by molar-refractivity contribution is 14.1. The van der Waals surface area contributed by atoms with Crippen molar-refractivity contribution < 1.29 is 0 Å².